The van der Waals surface area contributed by atoms with Crippen LogP contribution in [0.15, 0.2) is 42.5 Å². The summed E-state index contributed by atoms with van der Waals surface area (Å²) >= 11 is 1.55. The summed E-state index contributed by atoms with van der Waals surface area (Å²) in [6.07, 6.45) is 0. The van der Waals surface area contributed by atoms with Crippen LogP contribution < -0.4 is 0 Å². The fourth-order valence-corrected chi connectivity index (χ4v) is 3.58. The van der Waals surface area contributed by atoms with Gasteiger partial charge in [-0.2, -0.15) is 0 Å². The Bertz CT molecular complexity index is 741. The number of nitrogens with zero attached hydrogens (tertiary/aromatic N) is 1. The van der Waals surface area contributed by atoms with Crippen molar-refractivity contribution in [3.63, 3.8) is 0 Å². The number of aliphatic hydroxyl groups is 1. The van der Waals surface area contributed by atoms with Gasteiger partial charge in [0.2, 0.25) is 0 Å². The van der Waals surface area contributed by atoms with Crippen LogP contribution in [0.4, 0.5) is 0 Å². The smallest absolute Gasteiger partial charge is 0.138 e. The van der Waals surface area contributed by atoms with Gasteiger partial charge in [-0.1, -0.05) is 35.9 Å². The van der Waals surface area contributed by atoms with Crippen LogP contribution in [0, 0.1) is 13.8 Å². The van der Waals surface area contributed by atoms with Crippen LogP contribution in [0.25, 0.3) is 10.2 Å². The van der Waals surface area contributed by atoms with Gasteiger partial charge in [-0.15, -0.1) is 11.3 Å². The number of hydrogen-bond donors (Lipinski definition) is 1. The summed E-state index contributed by atoms with van der Waals surface area (Å²) in [5, 5.41) is 11.7. The first-order chi connectivity index (χ1) is 9.48. The first-order valence-corrected chi connectivity index (χ1v) is 7.46. The van der Waals surface area contributed by atoms with Crippen LogP contribution in [0.3, 0.4) is 0 Å². The molecule has 1 heterocycles. The number of benzene rings is 2. The van der Waals surface area contributed by atoms with Crippen molar-refractivity contribution < 1.29 is 5.11 Å². The quantitative estimate of drug-likeness (QED) is 0.765. The molecule has 2 aromatic carbocycles. The van der Waals surface area contributed by atoms with E-state index in [2.05, 4.69) is 18.0 Å². The molecule has 0 unspecified atom stereocenters. The van der Waals surface area contributed by atoms with Gasteiger partial charge < -0.3 is 5.11 Å². The van der Waals surface area contributed by atoms with E-state index in [1.54, 1.807) is 11.3 Å². The lowest BCUT2D eigenvalue weighted by Gasteiger charge is -2.23. The lowest BCUT2D eigenvalue weighted by molar-refractivity contribution is 0.101. The van der Waals surface area contributed by atoms with E-state index in [9.17, 15) is 5.11 Å². The Kier molecular flexibility index (Phi) is 3.11. The van der Waals surface area contributed by atoms with E-state index in [1.807, 2.05) is 50.2 Å². The number of fused-ring (bicyclic) bond motifs is 1. The normalized spacial score (nSPS) is 14.4. The Morgan fingerprint density at radius 2 is 1.85 bits per heavy atom. The second-order valence-electron chi connectivity index (χ2n) is 5.38. The predicted octanol–water partition coefficient (Wildman–Crippen LogP) is 4.17. The van der Waals surface area contributed by atoms with Crippen LogP contribution in [-0.4, -0.2) is 10.1 Å². The molecule has 3 rings (SSSR count). The molecular weight excluding hydrogens is 266 g/mol. The molecule has 3 heteroatoms. The van der Waals surface area contributed by atoms with Crippen molar-refractivity contribution >= 4 is 21.6 Å². The van der Waals surface area contributed by atoms with Crippen molar-refractivity contribution in [3.8, 4) is 0 Å². The summed E-state index contributed by atoms with van der Waals surface area (Å²) in [5.74, 6) is 0. The Morgan fingerprint density at radius 1 is 1.10 bits per heavy atom. The zero-order valence-corrected chi connectivity index (χ0v) is 12.7. The van der Waals surface area contributed by atoms with Crippen LogP contribution in [0.1, 0.15) is 28.6 Å². The molecule has 20 heavy (non-hydrogen) atoms. The fourth-order valence-electron chi connectivity index (χ4n) is 2.56. The molecule has 102 valence electrons. The van der Waals surface area contributed by atoms with E-state index in [1.165, 1.54) is 5.56 Å². The third-order valence-corrected chi connectivity index (χ3v) is 4.86. The summed E-state index contributed by atoms with van der Waals surface area (Å²) in [6.45, 7) is 5.91. The summed E-state index contributed by atoms with van der Waals surface area (Å²) in [7, 11) is 0. The van der Waals surface area contributed by atoms with Crippen LogP contribution in [-0.2, 0) is 5.60 Å². The lowest BCUT2D eigenvalue weighted by atomic mass is 9.91. The van der Waals surface area contributed by atoms with E-state index < -0.39 is 5.60 Å². The van der Waals surface area contributed by atoms with Gasteiger partial charge in [-0.3, -0.25) is 0 Å². The number of aryl methyl sites for hydroxylation is 2. The summed E-state index contributed by atoms with van der Waals surface area (Å²) in [4.78, 5) is 4.59. The highest BCUT2D eigenvalue weighted by Gasteiger charge is 2.30. The molecule has 2 nitrogen and oxygen atoms in total. The molecule has 0 spiro atoms. The highest BCUT2D eigenvalue weighted by atomic mass is 32.1. The van der Waals surface area contributed by atoms with Crippen molar-refractivity contribution in [2.24, 2.45) is 0 Å². The molecule has 0 aliphatic carbocycles. The maximum absolute atomic E-state index is 11.0. The highest BCUT2D eigenvalue weighted by molar-refractivity contribution is 7.18. The van der Waals surface area contributed by atoms with E-state index >= 15 is 0 Å². The largest absolute Gasteiger partial charge is 0.378 e. The first-order valence-electron chi connectivity index (χ1n) is 6.64. The maximum atomic E-state index is 11.0. The molecule has 0 radical (unpaired) electrons. The van der Waals surface area contributed by atoms with Crippen LogP contribution in [0.2, 0.25) is 0 Å². The van der Waals surface area contributed by atoms with E-state index in [4.69, 9.17) is 0 Å². The van der Waals surface area contributed by atoms with Gasteiger partial charge in [0, 0.05) is 0 Å². The summed E-state index contributed by atoms with van der Waals surface area (Å²) in [5.41, 5.74) is 3.10. The predicted molar refractivity (Wildman–Crippen MR) is 84.2 cm³/mol. The molecule has 0 bridgehead atoms. The Balaban J connectivity index is 2.14. The third-order valence-electron chi connectivity index (χ3n) is 3.62. The average molecular weight is 283 g/mol. The number of para-hydroxylation sites is 1. The molecule has 0 amide bonds. The van der Waals surface area contributed by atoms with Crippen molar-refractivity contribution in [3.05, 3.63) is 64.2 Å². The lowest BCUT2D eigenvalue weighted by Crippen LogP contribution is -2.23. The van der Waals surface area contributed by atoms with Gasteiger partial charge >= 0.3 is 0 Å². The minimum absolute atomic E-state index is 0.741. The zero-order chi connectivity index (χ0) is 14.3. The molecule has 3 aromatic rings. The molecule has 1 aromatic heterocycles. The van der Waals surface area contributed by atoms with Crippen molar-refractivity contribution in [1.29, 1.82) is 0 Å². The molecule has 0 aliphatic rings. The monoisotopic (exact) mass is 283 g/mol. The first kappa shape index (κ1) is 13.3. The van der Waals surface area contributed by atoms with Crippen molar-refractivity contribution in [1.82, 2.24) is 4.98 Å². The second-order valence-corrected chi connectivity index (χ2v) is 6.41. The zero-order valence-electron chi connectivity index (χ0n) is 11.8. The van der Waals surface area contributed by atoms with E-state index in [-0.39, 0.29) is 0 Å². The maximum Gasteiger partial charge on any atom is 0.138 e. The summed E-state index contributed by atoms with van der Waals surface area (Å²) in [6, 6.07) is 14.1. The third kappa shape index (κ3) is 2.13. The number of thiazole rings is 1. The minimum atomic E-state index is -1.05. The van der Waals surface area contributed by atoms with E-state index in [0.29, 0.717) is 0 Å². The minimum Gasteiger partial charge on any atom is -0.378 e. The Hall–Kier alpha value is -1.71. The molecule has 1 atom stereocenters. The molecule has 0 saturated heterocycles. The second kappa shape index (κ2) is 4.69. The Morgan fingerprint density at radius 3 is 2.55 bits per heavy atom. The van der Waals surface area contributed by atoms with Crippen LogP contribution in [0.5, 0.6) is 0 Å². The highest BCUT2D eigenvalue weighted by Crippen LogP contribution is 2.36. The van der Waals surface area contributed by atoms with Gasteiger partial charge in [0.05, 0.1) is 10.2 Å². The standard InChI is InChI=1S/C17H17NOS/c1-11-8-9-13(12(2)10-11)17(3,19)16-18-14-6-4-5-7-15(14)20-16/h4-10,19H,1-3H3/t17-/m1/s1. The van der Waals surface area contributed by atoms with Crippen molar-refractivity contribution in [2.45, 2.75) is 26.4 Å². The van der Waals surface area contributed by atoms with Gasteiger partial charge in [0.15, 0.2) is 0 Å². The molecule has 0 fully saturated rings. The number of aromatic nitrogens is 1. The van der Waals surface area contributed by atoms with Crippen molar-refractivity contribution in [2.75, 3.05) is 0 Å². The van der Waals surface area contributed by atoms with Gasteiger partial charge in [-0.05, 0) is 44.0 Å². The van der Waals surface area contributed by atoms with Crippen LogP contribution >= 0.6 is 11.3 Å². The van der Waals surface area contributed by atoms with E-state index in [0.717, 1.165) is 26.4 Å². The topological polar surface area (TPSA) is 33.1 Å². The van der Waals surface area contributed by atoms with Gasteiger partial charge in [0.1, 0.15) is 10.6 Å². The molecule has 0 aliphatic heterocycles. The molecule has 1 N–H and O–H groups in total. The SMILES string of the molecule is Cc1ccc([C@@](C)(O)c2nc3ccccc3s2)c(C)c1. The average Bonchev–Trinajstić information content (AvgIpc) is 2.82. The fraction of sp³-hybridized carbons (Fsp3) is 0.235. The number of rotatable bonds is 2. The molecular formula is C17H17NOS. The summed E-state index contributed by atoms with van der Waals surface area (Å²) < 4.78 is 1.10. The van der Waals surface area contributed by atoms with Gasteiger partial charge in [-0.25, -0.2) is 4.98 Å². The van der Waals surface area contributed by atoms with Gasteiger partial charge in [0.25, 0.3) is 0 Å². The number of hydrogen-bond acceptors (Lipinski definition) is 3. The molecule has 0 saturated carbocycles. The Labute approximate surface area is 122 Å².